The molecule has 1 saturated heterocycles. The Kier molecular flexibility index (Phi) is 8.58. The first-order valence-corrected chi connectivity index (χ1v) is 16.2. The van der Waals surface area contributed by atoms with Crippen LogP contribution in [0.1, 0.15) is 22.9 Å². The van der Waals surface area contributed by atoms with Gasteiger partial charge in [-0.3, -0.25) is 18.3 Å². The molecule has 0 amide bonds. The zero-order valence-corrected chi connectivity index (χ0v) is 26.7. The van der Waals surface area contributed by atoms with E-state index in [1.54, 1.807) is 14.2 Å². The summed E-state index contributed by atoms with van der Waals surface area (Å²) in [5.74, 6) is 1.50. The number of ether oxygens (including phenoxy) is 4. The molecule has 1 aliphatic heterocycles. The summed E-state index contributed by atoms with van der Waals surface area (Å²) in [6.45, 7) is -0.284. The molecule has 0 saturated carbocycles. The third-order valence-corrected chi connectivity index (χ3v) is 8.95. The van der Waals surface area contributed by atoms with Gasteiger partial charge in [0.05, 0.1) is 27.2 Å². The zero-order valence-electron chi connectivity index (χ0n) is 25.7. The van der Waals surface area contributed by atoms with Gasteiger partial charge in [0.2, 0.25) is 5.78 Å². The molecule has 0 bridgehead atoms. The number of H-pyrrole nitrogens is 1. The molecule has 0 radical (unpaired) electrons. The van der Waals surface area contributed by atoms with Crippen LogP contribution < -0.4 is 15.0 Å². The standard InChI is InChI=1S/C33H31FN5O8P/c1-43-23-12-8-21(9-13-23)33(20-6-4-3-5-7-20,22-10-14-24(44-2)15-11-22)45-18-25-28(47-48(41)42)26(34)31(46-25)39-19-36-27-29(39)37-32-35-16-17-38(32)30(27)40/h3-17,19,25-26,28,31,48H,18H2,1-2H3,(H,35,37)(H,41,42)/t25-,26+,28-,31?/m1/s1. The van der Waals surface area contributed by atoms with Gasteiger partial charge in [-0.2, -0.15) is 4.98 Å². The molecule has 48 heavy (non-hydrogen) atoms. The Bertz CT molecular complexity index is 2070. The number of nitrogens with zero attached hydrogens (tertiary/aromatic N) is 4. The molecule has 3 aromatic carbocycles. The number of hydrogen-bond donors (Lipinski definition) is 2. The van der Waals surface area contributed by atoms with Crippen LogP contribution in [0, 0.1) is 0 Å². The molecule has 2 unspecified atom stereocenters. The fourth-order valence-electron chi connectivity index (χ4n) is 6.18. The van der Waals surface area contributed by atoms with E-state index < -0.39 is 44.0 Å². The molecule has 0 aliphatic carbocycles. The SMILES string of the molecule is COc1ccc(C(OC[C@H]2OC(n3cnc4c(=O)n5cc[nH]c5nc43)[C@@H](F)[C@@H]2O[PH](=O)O)(c2ccccc2)c2ccc(OC)cc2)cc1. The van der Waals surface area contributed by atoms with Crippen molar-refractivity contribution in [3.63, 3.8) is 0 Å². The van der Waals surface area contributed by atoms with Crippen molar-refractivity contribution in [2.45, 2.75) is 30.2 Å². The lowest BCUT2D eigenvalue weighted by Crippen LogP contribution is -2.39. The predicted molar refractivity (Wildman–Crippen MR) is 172 cm³/mol. The lowest BCUT2D eigenvalue weighted by atomic mass is 9.80. The van der Waals surface area contributed by atoms with E-state index in [2.05, 4.69) is 15.0 Å². The molecule has 13 nitrogen and oxygen atoms in total. The van der Waals surface area contributed by atoms with Crippen molar-refractivity contribution in [2.75, 3.05) is 20.8 Å². The highest BCUT2D eigenvalue weighted by atomic mass is 31.1. The lowest BCUT2D eigenvalue weighted by Gasteiger charge is -2.37. The molecule has 3 aromatic heterocycles. The number of benzene rings is 3. The molecule has 1 fully saturated rings. The van der Waals surface area contributed by atoms with Crippen molar-refractivity contribution in [1.82, 2.24) is 23.9 Å². The molecule has 2 N–H and O–H groups in total. The van der Waals surface area contributed by atoms with Gasteiger partial charge in [-0.1, -0.05) is 54.6 Å². The first-order valence-electron chi connectivity index (χ1n) is 14.9. The van der Waals surface area contributed by atoms with Crippen LogP contribution in [0.5, 0.6) is 11.5 Å². The fraction of sp³-hybridized carbons (Fsp3) is 0.242. The van der Waals surface area contributed by atoms with Crippen LogP contribution >= 0.6 is 8.25 Å². The molecule has 0 spiro atoms. The van der Waals surface area contributed by atoms with Crippen molar-refractivity contribution in [3.8, 4) is 11.5 Å². The Morgan fingerprint density at radius 1 is 0.979 bits per heavy atom. The summed E-state index contributed by atoms with van der Waals surface area (Å²) in [6.07, 6.45) is -1.77. The summed E-state index contributed by atoms with van der Waals surface area (Å²) >= 11 is 0. The number of aromatic amines is 1. The summed E-state index contributed by atoms with van der Waals surface area (Å²) in [7, 11) is -0.472. The molecule has 1 aliphatic rings. The van der Waals surface area contributed by atoms with E-state index in [-0.39, 0.29) is 23.5 Å². The molecule has 15 heteroatoms. The third kappa shape index (κ3) is 5.47. The fourth-order valence-corrected chi connectivity index (χ4v) is 6.70. The van der Waals surface area contributed by atoms with Crippen LogP contribution in [-0.2, 0) is 24.2 Å². The number of hydrogen-bond acceptors (Lipinski definition) is 9. The van der Waals surface area contributed by atoms with Crippen molar-refractivity contribution in [1.29, 1.82) is 0 Å². The second-order valence-electron chi connectivity index (χ2n) is 11.1. The van der Waals surface area contributed by atoms with Crippen molar-refractivity contribution >= 4 is 25.2 Å². The minimum Gasteiger partial charge on any atom is -0.497 e. The topological polar surface area (TPSA) is 151 Å². The Morgan fingerprint density at radius 3 is 2.21 bits per heavy atom. The number of nitrogens with one attached hydrogen (secondary N) is 1. The predicted octanol–water partition coefficient (Wildman–Crippen LogP) is 4.40. The summed E-state index contributed by atoms with van der Waals surface area (Å²) < 4.78 is 60.1. The van der Waals surface area contributed by atoms with Crippen LogP contribution in [0.4, 0.5) is 4.39 Å². The van der Waals surface area contributed by atoms with Gasteiger partial charge in [0.1, 0.15) is 29.3 Å². The molecular weight excluding hydrogens is 644 g/mol. The first kappa shape index (κ1) is 31.7. The Morgan fingerprint density at radius 2 is 1.60 bits per heavy atom. The summed E-state index contributed by atoms with van der Waals surface area (Å²) in [5.41, 5.74) is 0.529. The van der Waals surface area contributed by atoms with Gasteiger partial charge < -0.3 is 33.3 Å². The second-order valence-corrected chi connectivity index (χ2v) is 11.8. The number of fused-ring (bicyclic) bond motifs is 2. The molecular formula is C33H31FN5O8P. The van der Waals surface area contributed by atoms with Crippen LogP contribution in [-0.4, -0.2) is 68.0 Å². The van der Waals surface area contributed by atoms with Gasteiger partial charge >= 0.3 is 8.25 Å². The van der Waals surface area contributed by atoms with E-state index in [9.17, 15) is 14.3 Å². The zero-order chi connectivity index (χ0) is 33.4. The van der Waals surface area contributed by atoms with Crippen LogP contribution in [0.25, 0.3) is 16.9 Å². The normalized spacial score (nSPS) is 20.3. The van der Waals surface area contributed by atoms with E-state index >= 15 is 4.39 Å². The minimum absolute atomic E-state index is 0.00194. The van der Waals surface area contributed by atoms with Crippen LogP contribution in [0.15, 0.2) is 102 Å². The highest BCUT2D eigenvalue weighted by Gasteiger charge is 2.50. The first-order chi connectivity index (χ1) is 23.3. The van der Waals surface area contributed by atoms with Gasteiger partial charge in [0.15, 0.2) is 23.6 Å². The molecule has 4 heterocycles. The highest BCUT2D eigenvalue weighted by molar-refractivity contribution is 7.32. The molecule has 7 rings (SSSR count). The van der Waals surface area contributed by atoms with Gasteiger partial charge in [-0.05, 0) is 41.0 Å². The summed E-state index contributed by atoms with van der Waals surface area (Å²) in [6, 6.07) is 24.2. The van der Waals surface area contributed by atoms with Crippen molar-refractivity contribution in [2.24, 2.45) is 0 Å². The maximum Gasteiger partial charge on any atom is 0.317 e. The highest BCUT2D eigenvalue weighted by Crippen LogP contribution is 2.44. The maximum atomic E-state index is 16.3. The Labute approximate surface area is 273 Å². The van der Waals surface area contributed by atoms with Crippen LogP contribution in [0.3, 0.4) is 0 Å². The summed E-state index contributed by atoms with van der Waals surface area (Å²) in [5, 5.41) is 0. The third-order valence-electron chi connectivity index (χ3n) is 8.48. The Hall–Kier alpha value is -4.85. The van der Waals surface area contributed by atoms with E-state index in [0.29, 0.717) is 11.5 Å². The largest absolute Gasteiger partial charge is 0.497 e. The van der Waals surface area contributed by atoms with E-state index in [1.165, 1.54) is 27.7 Å². The van der Waals surface area contributed by atoms with E-state index in [4.69, 9.17) is 23.5 Å². The van der Waals surface area contributed by atoms with Gasteiger partial charge in [-0.25, -0.2) is 9.37 Å². The number of aromatic nitrogens is 5. The van der Waals surface area contributed by atoms with Crippen molar-refractivity contribution in [3.05, 3.63) is 125 Å². The van der Waals surface area contributed by atoms with E-state index in [1.807, 2.05) is 78.9 Å². The summed E-state index contributed by atoms with van der Waals surface area (Å²) in [4.78, 5) is 34.3. The number of halogens is 1. The van der Waals surface area contributed by atoms with Gasteiger partial charge in [0.25, 0.3) is 5.56 Å². The molecule has 5 atom stereocenters. The maximum absolute atomic E-state index is 16.3. The van der Waals surface area contributed by atoms with Gasteiger partial charge in [-0.15, -0.1) is 0 Å². The number of imidazole rings is 2. The van der Waals surface area contributed by atoms with Gasteiger partial charge in [0, 0.05) is 12.4 Å². The van der Waals surface area contributed by atoms with Crippen molar-refractivity contribution < 1.29 is 37.3 Å². The number of rotatable bonds is 11. The second kappa shape index (κ2) is 13.0. The molecule has 248 valence electrons. The monoisotopic (exact) mass is 675 g/mol. The number of alkyl halides is 1. The van der Waals surface area contributed by atoms with E-state index in [0.717, 1.165) is 16.7 Å². The average Bonchev–Trinajstić information content (AvgIpc) is 3.84. The quantitative estimate of drug-likeness (QED) is 0.149. The molecule has 6 aromatic rings. The minimum atomic E-state index is -3.62. The average molecular weight is 676 g/mol. The Balaban J connectivity index is 1.31. The van der Waals surface area contributed by atoms with Crippen LogP contribution in [0.2, 0.25) is 0 Å². The number of methoxy groups -OCH3 is 2. The smallest absolute Gasteiger partial charge is 0.317 e. The lowest BCUT2D eigenvalue weighted by molar-refractivity contribution is -0.0912.